The second-order valence-corrected chi connectivity index (χ2v) is 9.31. The fourth-order valence-electron chi connectivity index (χ4n) is 4.52. The Balaban J connectivity index is 1.29. The number of nitrogens with one attached hydrogen (secondary N) is 2. The lowest BCUT2D eigenvalue weighted by molar-refractivity contribution is -0.139. The number of carboxylic acids is 1. The van der Waals surface area contributed by atoms with Crippen LogP contribution in [0.15, 0.2) is 72.9 Å². The summed E-state index contributed by atoms with van der Waals surface area (Å²) in [5, 5.41) is 13.2. The number of fused-ring (bicyclic) bond motifs is 4. The number of halogens is 1. The SMILES string of the molecule is O=C(NC(Cc1c[nH]c2ccc(I)cc12)C(=O)O)OCC1c2ccccc2-c2ccccc21. The Morgan fingerprint density at radius 2 is 1.70 bits per heavy atom. The fourth-order valence-corrected chi connectivity index (χ4v) is 5.01. The van der Waals surface area contributed by atoms with Crippen molar-refractivity contribution in [3.8, 4) is 11.1 Å². The van der Waals surface area contributed by atoms with Gasteiger partial charge < -0.3 is 20.1 Å². The molecular formula is C26H21IN2O4. The van der Waals surface area contributed by atoms with E-state index in [0.29, 0.717) is 0 Å². The Kier molecular flexibility index (Phi) is 5.80. The van der Waals surface area contributed by atoms with Crippen LogP contribution in [0.2, 0.25) is 0 Å². The average molecular weight is 552 g/mol. The molecule has 6 nitrogen and oxygen atoms in total. The molecule has 0 aliphatic heterocycles. The summed E-state index contributed by atoms with van der Waals surface area (Å²) in [5.74, 6) is -1.19. The number of carbonyl (C=O) groups is 2. The summed E-state index contributed by atoms with van der Waals surface area (Å²) in [6.07, 6.45) is 1.20. The van der Waals surface area contributed by atoms with E-state index in [1.54, 1.807) is 6.20 Å². The topological polar surface area (TPSA) is 91.4 Å². The first kappa shape index (κ1) is 21.5. The van der Waals surface area contributed by atoms with Crippen molar-refractivity contribution in [3.63, 3.8) is 0 Å². The fraction of sp³-hybridized carbons (Fsp3) is 0.154. The summed E-state index contributed by atoms with van der Waals surface area (Å²) in [7, 11) is 0. The maximum absolute atomic E-state index is 12.6. The smallest absolute Gasteiger partial charge is 0.407 e. The van der Waals surface area contributed by atoms with Gasteiger partial charge in [-0.1, -0.05) is 48.5 Å². The molecule has 4 aromatic rings. The molecule has 33 heavy (non-hydrogen) atoms. The van der Waals surface area contributed by atoms with Crippen LogP contribution in [0.25, 0.3) is 22.0 Å². The average Bonchev–Trinajstić information content (AvgIpc) is 3.35. The van der Waals surface area contributed by atoms with Gasteiger partial charge in [-0.25, -0.2) is 9.59 Å². The first-order valence-electron chi connectivity index (χ1n) is 10.6. The predicted molar refractivity (Wildman–Crippen MR) is 134 cm³/mol. The highest BCUT2D eigenvalue weighted by atomic mass is 127. The Morgan fingerprint density at radius 3 is 2.36 bits per heavy atom. The largest absolute Gasteiger partial charge is 0.480 e. The zero-order chi connectivity index (χ0) is 22.9. The number of aromatic nitrogens is 1. The molecule has 3 aromatic carbocycles. The minimum absolute atomic E-state index is 0.0814. The van der Waals surface area contributed by atoms with Crippen LogP contribution in [0.3, 0.4) is 0 Å². The lowest BCUT2D eigenvalue weighted by atomic mass is 9.98. The molecule has 0 fully saturated rings. The van der Waals surface area contributed by atoms with Crippen LogP contribution in [-0.2, 0) is 16.0 Å². The van der Waals surface area contributed by atoms with E-state index in [2.05, 4.69) is 45.0 Å². The van der Waals surface area contributed by atoms with Gasteiger partial charge in [-0.2, -0.15) is 0 Å². The number of hydrogen-bond acceptors (Lipinski definition) is 3. The van der Waals surface area contributed by atoms with Gasteiger partial charge in [-0.15, -0.1) is 0 Å². The highest BCUT2D eigenvalue weighted by Crippen LogP contribution is 2.44. The summed E-state index contributed by atoms with van der Waals surface area (Å²) in [5.41, 5.74) is 6.24. The first-order chi connectivity index (χ1) is 16.0. The number of benzene rings is 3. The van der Waals surface area contributed by atoms with E-state index in [1.807, 2.05) is 54.6 Å². The van der Waals surface area contributed by atoms with Crippen molar-refractivity contribution in [2.75, 3.05) is 6.61 Å². The van der Waals surface area contributed by atoms with Gasteiger partial charge in [-0.05, 0) is 68.6 Å². The number of carboxylic acid groups (broad SMARTS) is 1. The molecule has 3 N–H and O–H groups in total. The monoisotopic (exact) mass is 552 g/mol. The maximum atomic E-state index is 12.6. The third-order valence-electron chi connectivity index (χ3n) is 6.09. The summed E-state index contributed by atoms with van der Waals surface area (Å²) in [6, 6.07) is 21.0. The summed E-state index contributed by atoms with van der Waals surface area (Å²) < 4.78 is 6.58. The molecule has 166 valence electrons. The van der Waals surface area contributed by atoms with E-state index in [9.17, 15) is 14.7 Å². The maximum Gasteiger partial charge on any atom is 0.407 e. The minimum Gasteiger partial charge on any atom is -0.480 e. The van der Waals surface area contributed by atoms with E-state index in [0.717, 1.165) is 42.3 Å². The zero-order valence-electron chi connectivity index (χ0n) is 17.5. The molecule has 1 aliphatic rings. The summed E-state index contributed by atoms with van der Waals surface area (Å²) in [6.45, 7) is 0.136. The standard InChI is InChI=1S/C26H21IN2O4/c27-16-9-10-23-21(12-16)15(13-28-23)11-24(25(30)31)29-26(32)33-14-22-19-7-3-1-5-17(19)18-6-2-4-8-20(18)22/h1-10,12-13,22,24,28H,11,14H2,(H,29,32)(H,30,31). The highest BCUT2D eigenvalue weighted by molar-refractivity contribution is 14.1. The molecule has 0 saturated heterocycles. The van der Waals surface area contributed by atoms with Crippen LogP contribution in [0, 0.1) is 3.57 Å². The number of carbonyl (C=O) groups excluding carboxylic acids is 1. The van der Waals surface area contributed by atoms with E-state index in [-0.39, 0.29) is 18.9 Å². The molecular weight excluding hydrogens is 531 g/mol. The normalized spacial score (nSPS) is 13.4. The molecule has 5 rings (SSSR count). The number of H-pyrrole nitrogens is 1. The van der Waals surface area contributed by atoms with Crippen LogP contribution >= 0.6 is 22.6 Å². The number of amides is 1. The van der Waals surface area contributed by atoms with Gasteiger partial charge in [0.1, 0.15) is 12.6 Å². The number of alkyl carbamates (subject to hydrolysis) is 1. The molecule has 1 heterocycles. The molecule has 1 aromatic heterocycles. The van der Waals surface area contributed by atoms with Gasteiger partial charge in [0.15, 0.2) is 0 Å². The van der Waals surface area contributed by atoms with E-state index >= 15 is 0 Å². The van der Waals surface area contributed by atoms with Crippen LogP contribution in [0.5, 0.6) is 0 Å². The molecule has 1 amide bonds. The number of aromatic amines is 1. The Hall–Kier alpha value is -3.33. The highest BCUT2D eigenvalue weighted by Gasteiger charge is 2.30. The number of rotatable bonds is 6. The van der Waals surface area contributed by atoms with Crippen LogP contribution in [0.1, 0.15) is 22.6 Å². The van der Waals surface area contributed by atoms with Crippen LogP contribution in [0.4, 0.5) is 4.79 Å². The molecule has 0 radical (unpaired) electrons. The van der Waals surface area contributed by atoms with Crippen molar-refractivity contribution >= 4 is 45.6 Å². The van der Waals surface area contributed by atoms with E-state index in [4.69, 9.17) is 4.74 Å². The molecule has 1 unspecified atom stereocenters. The Labute approximate surface area is 204 Å². The second kappa shape index (κ2) is 8.90. The van der Waals surface area contributed by atoms with Crippen LogP contribution in [-0.4, -0.2) is 34.8 Å². The van der Waals surface area contributed by atoms with Gasteiger partial charge >= 0.3 is 12.1 Å². The van der Waals surface area contributed by atoms with Crippen molar-refractivity contribution in [2.24, 2.45) is 0 Å². The van der Waals surface area contributed by atoms with Gasteiger partial charge in [-0.3, -0.25) is 0 Å². The molecule has 0 bridgehead atoms. The Bertz CT molecular complexity index is 1320. The molecule has 1 aliphatic carbocycles. The molecule has 1 atom stereocenters. The van der Waals surface area contributed by atoms with Crippen molar-refractivity contribution < 1.29 is 19.4 Å². The quantitative estimate of drug-likeness (QED) is 0.283. The van der Waals surface area contributed by atoms with Gasteiger partial charge in [0.05, 0.1) is 0 Å². The summed E-state index contributed by atoms with van der Waals surface area (Å²) in [4.78, 5) is 27.6. The first-order valence-corrected chi connectivity index (χ1v) is 11.7. The zero-order valence-corrected chi connectivity index (χ0v) is 19.7. The molecule has 0 saturated carbocycles. The molecule has 7 heteroatoms. The second-order valence-electron chi connectivity index (χ2n) is 8.07. The summed E-state index contributed by atoms with van der Waals surface area (Å²) >= 11 is 2.22. The third-order valence-corrected chi connectivity index (χ3v) is 6.76. The Morgan fingerprint density at radius 1 is 1.03 bits per heavy atom. The van der Waals surface area contributed by atoms with Crippen molar-refractivity contribution in [2.45, 2.75) is 18.4 Å². The van der Waals surface area contributed by atoms with Gasteiger partial charge in [0, 0.05) is 33.0 Å². The van der Waals surface area contributed by atoms with E-state index in [1.165, 1.54) is 0 Å². The molecule has 0 spiro atoms. The van der Waals surface area contributed by atoms with Crippen molar-refractivity contribution in [1.29, 1.82) is 0 Å². The number of ether oxygens (including phenoxy) is 1. The predicted octanol–water partition coefficient (Wildman–Crippen LogP) is 5.31. The van der Waals surface area contributed by atoms with Crippen molar-refractivity contribution in [3.05, 3.63) is 93.2 Å². The number of aliphatic carboxylic acids is 1. The minimum atomic E-state index is -1.11. The lowest BCUT2D eigenvalue weighted by Gasteiger charge is -2.17. The van der Waals surface area contributed by atoms with Gasteiger partial charge in [0.2, 0.25) is 0 Å². The third kappa shape index (κ3) is 4.20. The lowest BCUT2D eigenvalue weighted by Crippen LogP contribution is -2.42. The van der Waals surface area contributed by atoms with Crippen molar-refractivity contribution in [1.82, 2.24) is 10.3 Å². The number of hydrogen-bond donors (Lipinski definition) is 3. The van der Waals surface area contributed by atoms with E-state index < -0.39 is 18.1 Å². The van der Waals surface area contributed by atoms with Gasteiger partial charge in [0.25, 0.3) is 0 Å². The van der Waals surface area contributed by atoms with Crippen LogP contribution < -0.4 is 5.32 Å².